The molecule has 0 radical (unpaired) electrons. The summed E-state index contributed by atoms with van der Waals surface area (Å²) in [6.07, 6.45) is 3.48. The number of fused-ring (bicyclic) bond motifs is 1. The van der Waals surface area contributed by atoms with E-state index in [1.165, 1.54) is 11.8 Å². The van der Waals surface area contributed by atoms with Crippen molar-refractivity contribution in [2.45, 2.75) is 24.4 Å². The lowest BCUT2D eigenvalue weighted by Gasteiger charge is -2.19. The second kappa shape index (κ2) is 9.65. The third-order valence-electron chi connectivity index (χ3n) is 5.15. The van der Waals surface area contributed by atoms with Crippen LogP contribution in [0.1, 0.15) is 11.9 Å². The van der Waals surface area contributed by atoms with Crippen molar-refractivity contribution >= 4 is 57.4 Å². The Bertz CT molecular complexity index is 1590. The van der Waals surface area contributed by atoms with Gasteiger partial charge in [-0.2, -0.15) is 4.98 Å². The molecule has 0 aliphatic heterocycles. The molecule has 0 bridgehead atoms. The minimum atomic E-state index is -0.228. The standard InChI is InChI=1S/C24H20ClN7OS2/c1-13-27-12-19(34-13)16-11-28-23(26)31-21(16)29-14(2)35-24-30-18-10-6-9-17(25)20(18)22(33)32(24)15-7-4-3-5-8-15/h3-12,14H,1-2H3,(H3,26,28,29,31)/t14-/m1/s1. The van der Waals surface area contributed by atoms with Gasteiger partial charge < -0.3 is 11.1 Å². The summed E-state index contributed by atoms with van der Waals surface area (Å²) in [5.74, 6) is 0.743. The van der Waals surface area contributed by atoms with Crippen LogP contribution in [0.2, 0.25) is 5.02 Å². The van der Waals surface area contributed by atoms with Crippen LogP contribution in [-0.2, 0) is 0 Å². The minimum Gasteiger partial charge on any atom is -0.368 e. The highest BCUT2D eigenvalue weighted by Crippen LogP contribution is 2.33. The molecule has 0 unspecified atom stereocenters. The van der Waals surface area contributed by atoms with E-state index in [1.54, 1.807) is 46.5 Å². The number of rotatable bonds is 6. The summed E-state index contributed by atoms with van der Waals surface area (Å²) in [6, 6.07) is 14.6. The number of anilines is 2. The molecule has 0 aliphatic rings. The fourth-order valence-electron chi connectivity index (χ4n) is 3.60. The fraction of sp³-hybridized carbons (Fsp3) is 0.125. The second-order valence-corrected chi connectivity index (χ2v) is 10.6. The molecule has 3 heterocycles. The smallest absolute Gasteiger partial charge is 0.268 e. The van der Waals surface area contributed by atoms with E-state index < -0.39 is 0 Å². The van der Waals surface area contributed by atoms with Crippen molar-refractivity contribution < 1.29 is 0 Å². The Morgan fingerprint density at radius 3 is 2.63 bits per heavy atom. The first-order chi connectivity index (χ1) is 16.9. The van der Waals surface area contributed by atoms with E-state index >= 15 is 0 Å². The summed E-state index contributed by atoms with van der Waals surface area (Å²) in [7, 11) is 0. The molecule has 8 nitrogen and oxygen atoms in total. The SMILES string of the molecule is Cc1ncc(-c2cnc(N)nc2N[C@@H](C)Sc2nc3cccc(Cl)c3c(=O)n2-c2ccccc2)s1. The molecular weight excluding hydrogens is 502 g/mol. The Hall–Kier alpha value is -3.47. The average Bonchev–Trinajstić information content (AvgIpc) is 3.25. The van der Waals surface area contributed by atoms with Crippen LogP contribution in [0.3, 0.4) is 0 Å². The van der Waals surface area contributed by atoms with Crippen LogP contribution in [0.15, 0.2) is 70.9 Å². The first kappa shape index (κ1) is 23.3. The van der Waals surface area contributed by atoms with Crippen LogP contribution < -0.4 is 16.6 Å². The number of halogens is 1. The molecule has 1 atom stereocenters. The molecule has 11 heteroatoms. The molecule has 0 amide bonds. The van der Waals surface area contributed by atoms with E-state index in [4.69, 9.17) is 22.3 Å². The van der Waals surface area contributed by atoms with E-state index in [1.807, 2.05) is 44.2 Å². The molecule has 176 valence electrons. The van der Waals surface area contributed by atoms with Gasteiger partial charge in [0.05, 0.1) is 42.4 Å². The maximum atomic E-state index is 13.6. The molecule has 3 aromatic heterocycles. The van der Waals surface area contributed by atoms with E-state index in [0.717, 1.165) is 15.4 Å². The van der Waals surface area contributed by atoms with Gasteiger partial charge in [0, 0.05) is 12.4 Å². The molecule has 2 aromatic carbocycles. The quantitative estimate of drug-likeness (QED) is 0.174. The largest absolute Gasteiger partial charge is 0.368 e. The van der Waals surface area contributed by atoms with Gasteiger partial charge in [-0.3, -0.25) is 9.36 Å². The van der Waals surface area contributed by atoms with Crippen molar-refractivity contribution in [2.24, 2.45) is 0 Å². The maximum absolute atomic E-state index is 13.6. The lowest BCUT2D eigenvalue weighted by atomic mass is 10.2. The number of nitrogen functional groups attached to an aromatic ring is 1. The fourth-order valence-corrected chi connectivity index (χ4v) is 5.58. The number of para-hydroxylation sites is 1. The molecule has 3 N–H and O–H groups in total. The molecule has 0 fully saturated rings. The number of nitrogens with two attached hydrogens (primary N) is 1. The molecule has 0 saturated heterocycles. The zero-order chi connectivity index (χ0) is 24.5. The number of aromatic nitrogens is 5. The maximum Gasteiger partial charge on any atom is 0.268 e. The summed E-state index contributed by atoms with van der Waals surface area (Å²) in [6.45, 7) is 3.91. The number of nitrogens with zero attached hydrogens (tertiary/aromatic N) is 5. The third-order valence-corrected chi connectivity index (χ3v) is 7.36. The number of aryl methyl sites for hydroxylation is 1. The van der Waals surface area contributed by atoms with Crippen LogP contribution in [0.5, 0.6) is 0 Å². The van der Waals surface area contributed by atoms with Crippen LogP contribution >= 0.6 is 34.7 Å². The normalized spacial score (nSPS) is 12.1. The van der Waals surface area contributed by atoms with E-state index in [0.29, 0.717) is 32.6 Å². The number of hydrogen-bond donors (Lipinski definition) is 2. The van der Waals surface area contributed by atoms with Crippen molar-refractivity contribution in [3.63, 3.8) is 0 Å². The number of thioether (sulfide) groups is 1. The van der Waals surface area contributed by atoms with Gasteiger partial charge in [0.25, 0.3) is 5.56 Å². The number of benzene rings is 2. The number of thiazole rings is 1. The van der Waals surface area contributed by atoms with Gasteiger partial charge in [-0.1, -0.05) is 47.6 Å². The van der Waals surface area contributed by atoms with Gasteiger partial charge in [0.15, 0.2) is 5.16 Å². The Balaban J connectivity index is 1.55. The predicted molar refractivity (Wildman–Crippen MR) is 144 cm³/mol. The average molecular weight is 522 g/mol. The monoisotopic (exact) mass is 521 g/mol. The van der Waals surface area contributed by atoms with Crippen LogP contribution in [0, 0.1) is 6.92 Å². The van der Waals surface area contributed by atoms with Crippen molar-refractivity contribution in [1.29, 1.82) is 0 Å². The summed E-state index contributed by atoms with van der Waals surface area (Å²) in [5.41, 5.74) is 7.70. The molecule has 0 aliphatic carbocycles. The molecule has 35 heavy (non-hydrogen) atoms. The predicted octanol–water partition coefficient (Wildman–Crippen LogP) is 5.39. The minimum absolute atomic E-state index is 0.161. The highest BCUT2D eigenvalue weighted by Gasteiger charge is 2.19. The summed E-state index contributed by atoms with van der Waals surface area (Å²) in [5, 5.41) is 5.38. The number of hydrogen-bond acceptors (Lipinski definition) is 9. The first-order valence-corrected chi connectivity index (χ1v) is 12.7. The molecule has 0 saturated carbocycles. The van der Waals surface area contributed by atoms with Crippen LogP contribution in [0.4, 0.5) is 11.8 Å². The van der Waals surface area contributed by atoms with Crippen LogP contribution in [0.25, 0.3) is 27.0 Å². The Kier molecular flexibility index (Phi) is 6.42. The van der Waals surface area contributed by atoms with Gasteiger partial charge in [0.1, 0.15) is 5.82 Å². The lowest BCUT2D eigenvalue weighted by molar-refractivity contribution is 0.816. The summed E-state index contributed by atoms with van der Waals surface area (Å²) < 4.78 is 1.58. The van der Waals surface area contributed by atoms with Gasteiger partial charge >= 0.3 is 0 Å². The van der Waals surface area contributed by atoms with Crippen molar-refractivity contribution in [3.05, 3.63) is 81.3 Å². The van der Waals surface area contributed by atoms with Crippen molar-refractivity contribution in [1.82, 2.24) is 24.5 Å². The molecule has 0 spiro atoms. The zero-order valence-electron chi connectivity index (χ0n) is 18.8. The number of nitrogens with one attached hydrogen (secondary N) is 1. The summed E-state index contributed by atoms with van der Waals surface area (Å²) >= 11 is 9.32. The highest BCUT2D eigenvalue weighted by molar-refractivity contribution is 7.99. The van der Waals surface area contributed by atoms with Crippen molar-refractivity contribution in [2.75, 3.05) is 11.1 Å². The first-order valence-electron chi connectivity index (χ1n) is 10.7. The van der Waals surface area contributed by atoms with E-state index in [9.17, 15) is 4.79 Å². The lowest BCUT2D eigenvalue weighted by Crippen LogP contribution is -2.24. The molecule has 5 rings (SSSR count). The van der Waals surface area contributed by atoms with E-state index in [2.05, 4.69) is 20.3 Å². The Morgan fingerprint density at radius 2 is 1.89 bits per heavy atom. The Morgan fingerprint density at radius 1 is 1.09 bits per heavy atom. The van der Waals surface area contributed by atoms with Gasteiger partial charge in [-0.25, -0.2) is 15.0 Å². The molecular formula is C24H20ClN7OS2. The zero-order valence-corrected chi connectivity index (χ0v) is 21.2. The van der Waals surface area contributed by atoms with Crippen molar-refractivity contribution in [3.8, 4) is 16.1 Å². The highest BCUT2D eigenvalue weighted by atomic mass is 35.5. The summed E-state index contributed by atoms with van der Waals surface area (Å²) in [4.78, 5) is 32.2. The second-order valence-electron chi connectivity index (χ2n) is 7.64. The topological polar surface area (TPSA) is 112 Å². The van der Waals surface area contributed by atoms with Crippen LogP contribution in [-0.4, -0.2) is 29.9 Å². The van der Waals surface area contributed by atoms with Gasteiger partial charge in [-0.05, 0) is 38.1 Å². The Labute approximate surface area is 214 Å². The molecule has 5 aromatic rings. The third kappa shape index (κ3) is 4.72. The van der Waals surface area contributed by atoms with Gasteiger partial charge in [-0.15, -0.1) is 11.3 Å². The van der Waals surface area contributed by atoms with E-state index in [-0.39, 0.29) is 16.9 Å². The van der Waals surface area contributed by atoms with Gasteiger partial charge in [0.2, 0.25) is 5.95 Å².